The molecular weight excluding hydrogens is 284 g/mol. The summed E-state index contributed by atoms with van der Waals surface area (Å²) < 4.78 is 6.36. The Kier molecular flexibility index (Phi) is 4.54. The number of amidine groups is 1. The topological polar surface area (TPSA) is 24.8 Å². The number of hydrogen-bond donors (Lipinski definition) is 0. The minimum Gasteiger partial charge on any atom is -0.455 e. The van der Waals surface area contributed by atoms with Gasteiger partial charge in [-0.25, -0.2) is 4.99 Å². The molecule has 0 aromatic heterocycles. The van der Waals surface area contributed by atoms with Crippen LogP contribution in [0.2, 0.25) is 0 Å². The molecule has 2 atom stereocenters. The van der Waals surface area contributed by atoms with Gasteiger partial charge in [0.15, 0.2) is 0 Å². The van der Waals surface area contributed by atoms with Crippen molar-refractivity contribution in [2.45, 2.75) is 63.5 Å². The molecule has 1 aromatic carbocycles. The Balaban J connectivity index is 1.50. The van der Waals surface area contributed by atoms with E-state index in [0.29, 0.717) is 6.04 Å². The van der Waals surface area contributed by atoms with Crippen LogP contribution in [0.1, 0.15) is 63.0 Å². The second-order valence-electron chi connectivity index (χ2n) is 7.33. The lowest BCUT2D eigenvalue weighted by Gasteiger charge is -2.30. The van der Waals surface area contributed by atoms with Gasteiger partial charge in [0, 0.05) is 13.1 Å². The van der Waals surface area contributed by atoms with Gasteiger partial charge in [-0.2, -0.15) is 0 Å². The van der Waals surface area contributed by atoms with Crippen LogP contribution in [-0.2, 0) is 4.74 Å². The first-order valence-electron chi connectivity index (χ1n) is 9.44. The largest absolute Gasteiger partial charge is 0.455 e. The van der Waals surface area contributed by atoms with Gasteiger partial charge in [0.05, 0.1) is 6.04 Å². The van der Waals surface area contributed by atoms with E-state index >= 15 is 0 Å². The first-order chi connectivity index (χ1) is 11.4. The van der Waals surface area contributed by atoms with Crippen molar-refractivity contribution >= 4 is 6.02 Å². The summed E-state index contributed by atoms with van der Waals surface area (Å²) in [6.45, 7) is 2.07. The van der Waals surface area contributed by atoms with E-state index in [4.69, 9.17) is 9.73 Å². The molecule has 0 unspecified atom stereocenters. The maximum absolute atomic E-state index is 6.36. The minimum atomic E-state index is 0.168. The summed E-state index contributed by atoms with van der Waals surface area (Å²) in [6, 6.07) is 12.1. The molecule has 23 heavy (non-hydrogen) atoms. The molecule has 0 radical (unpaired) electrons. The lowest BCUT2D eigenvalue weighted by Crippen LogP contribution is -2.39. The third-order valence-electron chi connectivity index (χ3n) is 5.71. The Morgan fingerprint density at radius 2 is 1.74 bits per heavy atom. The molecule has 3 nitrogen and oxygen atoms in total. The Morgan fingerprint density at radius 1 is 0.957 bits per heavy atom. The van der Waals surface area contributed by atoms with Gasteiger partial charge in [-0.05, 0) is 43.6 Å². The number of benzene rings is 1. The molecule has 1 aromatic rings. The molecule has 0 N–H and O–H groups in total. The van der Waals surface area contributed by atoms with Gasteiger partial charge in [0.25, 0.3) is 6.02 Å². The van der Waals surface area contributed by atoms with Crippen LogP contribution in [0, 0.1) is 5.92 Å². The fourth-order valence-electron chi connectivity index (χ4n) is 4.41. The highest BCUT2D eigenvalue weighted by molar-refractivity contribution is 5.77. The van der Waals surface area contributed by atoms with Crippen LogP contribution in [0.5, 0.6) is 0 Å². The van der Waals surface area contributed by atoms with Crippen LogP contribution in [0.25, 0.3) is 0 Å². The van der Waals surface area contributed by atoms with Gasteiger partial charge in [0.1, 0.15) is 6.10 Å². The van der Waals surface area contributed by atoms with Crippen molar-refractivity contribution < 1.29 is 4.74 Å². The standard InChI is InChI=1S/C20H28N2O/c1-3-9-16(10-4-1)15-21-20-22-14-8-7-13-18(22)19(23-20)17-11-5-2-6-12-17/h2,5-6,11-12,16,18-19H,1,3-4,7-10,13-15H2/t18-,19+/m1/s1. The fourth-order valence-corrected chi connectivity index (χ4v) is 4.41. The van der Waals surface area contributed by atoms with Gasteiger partial charge in [-0.3, -0.25) is 0 Å². The normalized spacial score (nSPS) is 30.3. The van der Waals surface area contributed by atoms with Crippen molar-refractivity contribution in [3.8, 4) is 0 Å². The van der Waals surface area contributed by atoms with Crippen LogP contribution in [-0.4, -0.2) is 30.1 Å². The summed E-state index contributed by atoms with van der Waals surface area (Å²) in [4.78, 5) is 7.38. The molecule has 3 fully saturated rings. The Bertz CT molecular complexity index is 536. The number of hydrogen-bond acceptors (Lipinski definition) is 2. The lowest BCUT2D eigenvalue weighted by atomic mass is 9.89. The molecule has 2 heterocycles. The highest BCUT2D eigenvalue weighted by Crippen LogP contribution is 2.38. The molecule has 1 saturated carbocycles. The number of nitrogens with zero attached hydrogens (tertiary/aromatic N) is 2. The van der Waals surface area contributed by atoms with Crippen molar-refractivity contribution in [2.24, 2.45) is 10.9 Å². The maximum Gasteiger partial charge on any atom is 0.288 e. The highest BCUT2D eigenvalue weighted by Gasteiger charge is 2.42. The van der Waals surface area contributed by atoms with E-state index in [9.17, 15) is 0 Å². The smallest absolute Gasteiger partial charge is 0.288 e. The molecule has 4 rings (SSSR count). The Morgan fingerprint density at radius 3 is 2.57 bits per heavy atom. The van der Waals surface area contributed by atoms with Gasteiger partial charge < -0.3 is 9.64 Å². The molecule has 1 aliphatic carbocycles. The predicted molar refractivity (Wildman–Crippen MR) is 93.5 cm³/mol. The van der Waals surface area contributed by atoms with Crippen molar-refractivity contribution in [1.29, 1.82) is 0 Å². The first kappa shape index (κ1) is 15.0. The second kappa shape index (κ2) is 6.94. The average molecular weight is 312 g/mol. The molecule has 2 saturated heterocycles. The van der Waals surface area contributed by atoms with Crippen molar-refractivity contribution in [2.75, 3.05) is 13.1 Å². The van der Waals surface area contributed by atoms with E-state index in [1.807, 2.05) is 0 Å². The minimum absolute atomic E-state index is 0.168. The Hall–Kier alpha value is -1.51. The number of fused-ring (bicyclic) bond motifs is 1. The molecule has 0 amide bonds. The number of ether oxygens (including phenoxy) is 1. The van der Waals surface area contributed by atoms with Gasteiger partial charge in [0.2, 0.25) is 0 Å². The highest BCUT2D eigenvalue weighted by atomic mass is 16.5. The number of aliphatic imine (C=N–C) groups is 1. The van der Waals surface area contributed by atoms with E-state index in [1.54, 1.807) is 0 Å². The second-order valence-corrected chi connectivity index (χ2v) is 7.33. The first-order valence-corrected chi connectivity index (χ1v) is 9.44. The monoisotopic (exact) mass is 312 g/mol. The van der Waals surface area contributed by atoms with E-state index in [-0.39, 0.29) is 6.10 Å². The Labute approximate surface area is 139 Å². The van der Waals surface area contributed by atoms with E-state index in [1.165, 1.54) is 56.9 Å². The molecule has 3 heteroatoms. The molecule has 2 aliphatic heterocycles. The van der Waals surface area contributed by atoms with Crippen LogP contribution in [0.15, 0.2) is 35.3 Å². The van der Waals surface area contributed by atoms with E-state index in [0.717, 1.165) is 25.0 Å². The average Bonchev–Trinajstić information content (AvgIpc) is 3.01. The zero-order valence-electron chi connectivity index (χ0n) is 14.0. The summed E-state index contributed by atoms with van der Waals surface area (Å²) in [5.41, 5.74) is 1.30. The van der Waals surface area contributed by atoms with E-state index in [2.05, 4.69) is 35.2 Å². The van der Waals surface area contributed by atoms with Gasteiger partial charge >= 0.3 is 0 Å². The van der Waals surface area contributed by atoms with Crippen LogP contribution in [0.4, 0.5) is 0 Å². The maximum atomic E-state index is 6.36. The molecule has 3 aliphatic rings. The molecule has 0 bridgehead atoms. The SMILES string of the molecule is c1ccc([C@@H]2OC(=NCC3CCCCC3)N3CCCC[C@H]23)cc1. The zero-order chi connectivity index (χ0) is 15.5. The summed E-state index contributed by atoms with van der Waals surface area (Å²) in [5, 5.41) is 0. The van der Waals surface area contributed by atoms with Crippen molar-refractivity contribution in [1.82, 2.24) is 4.90 Å². The van der Waals surface area contributed by atoms with Gasteiger partial charge in [-0.1, -0.05) is 49.6 Å². The van der Waals surface area contributed by atoms with Crippen molar-refractivity contribution in [3.63, 3.8) is 0 Å². The predicted octanol–water partition coefficient (Wildman–Crippen LogP) is 4.55. The zero-order valence-corrected chi connectivity index (χ0v) is 14.0. The summed E-state index contributed by atoms with van der Waals surface area (Å²) in [7, 11) is 0. The third kappa shape index (κ3) is 3.24. The third-order valence-corrected chi connectivity index (χ3v) is 5.71. The summed E-state index contributed by atoms with van der Waals surface area (Å²) in [5.74, 6) is 0.777. The summed E-state index contributed by atoms with van der Waals surface area (Å²) in [6.07, 6.45) is 10.8. The fraction of sp³-hybridized carbons (Fsp3) is 0.650. The molecule has 0 spiro atoms. The number of piperidine rings is 1. The molecule has 124 valence electrons. The summed E-state index contributed by atoms with van der Waals surface area (Å²) >= 11 is 0. The number of rotatable bonds is 3. The van der Waals surface area contributed by atoms with Crippen LogP contribution < -0.4 is 0 Å². The van der Waals surface area contributed by atoms with E-state index < -0.39 is 0 Å². The van der Waals surface area contributed by atoms with Crippen LogP contribution >= 0.6 is 0 Å². The van der Waals surface area contributed by atoms with Crippen LogP contribution in [0.3, 0.4) is 0 Å². The van der Waals surface area contributed by atoms with Crippen molar-refractivity contribution in [3.05, 3.63) is 35.9 Å². The lowest BCUT2D eigenvalue weighted by molar-refractivity contribution is 0.168. The molecular formula is C20H28N2O. The van der Waals surface area contributed by atoms with Gasteiger partial charge in [-0.15, -0.1) is 0 Å². The quantitative estimate of drug-likeness (QED) is 0.818.